The van der Waals surface area contributed by atoms with Gasteiger partial charge in [-0.1, -0.05) is 6.07 Å². The molecule has 1 aromatic heterocycles. The molecule has 2 rings (SSSR count). The fraction of sp³-hybridized carbons (Fsp3) is 0. The molecule has 12 heavy (non-hydrogen) atoms. The minimum atomic E-state index is 0.874. The Morgan fingerprint density at radius 1 is 1.42 bits per heavy atom. The fourth-order valence-electron chi connectivity index (χ4n) is 1.08. The van der Waals surface area contributed by atoms with E-state index in [-0.39, 0.29) is 0 Å². The molecule has 0 spiro atoms. The van der Waals surface area contributed by atoms with Crippen LogP contribution in [0, 0.1) is 3.57 Å². The highest BCUT2D eigenvalue weighted by Gasteiger charge is 2.05. The van der Waals surface area contributed by atoms with Crippen LogP contribution < -0.4 is 5.73 Å². The Morgan fingerprint density at radius 3 is 2.92 bits per heavy atom. The molecule has 0 bridgehead atoms. The van der Waals surface area contributed by atoms with Gasteiger partial charge in [-0.3, -0.25) is 0 Å². The van der Waals surface area contributed by atoms with E-state index >= 15 is 0 Å². The van der Waals surface area contributed by atoms with Gasteiger partial charge in [0.25, 0.3) is 0 Å². The molecule has 2 aromatic rings. The lowest BCUT2D eigenvalue weighted by atomic mass is 10.2. The van der Waals surface area contributed by atoms with Crippen LogP contribution in [0.2, 0.25) is 0 Å². The Kier molecular flexibility index (Phi) is 2.22. The number of hydrogen-bond donors (Lipinski definition) is 2. The summed E-state index contributed by atoms with van der Waals surface area (Å²) in [6.45, 7) is 0. The van der Waals surface area contributed by atoms with Gasteiger partial charge in [0.05, 0.1) is 10.4 Å². The molecule has 0 atom stereocenters. The summed E-state index contributed by atoms with van der Waals surface area (Å²) in [5, 5.41) is 3.17. The van der Waals surface area contributed by atoms with Gasteiger partial charge in [0.2, 0.25) is 0 Å². The molecule has 4 heteroatoms. The van der Waals surface area contributed by atoms with Crippen LogP contribution >= 0.6 is 46.6 Å². The number of thiol groups is 1. The zero-order chi connectivity index (χ0) is 8.72. The van der Waals surface area contributed by atoms with E-state index in [1.54, 1.807) is 11.3 Å². The maximum atomic E-state index is 5.90. The SMILES string of the molecule is Nc1c(I)ccc2c(S)csc12. The topological polar surface area (TPSA) is 26.0 Å². The first-order valence-electron chi connectivity index (χ1n) is 3.34. The van der Waals surface area contributed by atoms with Crippen LogP contribution in [0.4, 0.5) is 5.69 Å². The van der Waals surface area contributed by atoms with Crippen molar-refractivity contribution in [1.29, 1.82) is 0 Å². The van der Waals surface area contributed by atoms with Gasteiger partial charge in [0.1, 0.15) is 0 Å². The van der Waals surface area contributed by atoms with E-state index in [0.29, 0.717) is 0 Å². The minimum absolute atomic E-state index is 0.874. The van der Waals surface area contributed by atoms with Crippen molar-refractivity contribution in [2.24, 2.45) is 0 Å². The standard InChI is InChI=1S/C8H6INS2/c9-5-2-1-4-6(11)3-12-8(4)7(5)10/h1-3,11H,10H2. The zero-order valence-electron chi connectivity index (χ0n) is 6.04. The Morgan fingerprint density at radius 2 is 2.17 bits per heavy atom. The number of rotatable bonds is 0. The van der Waals surface area contributed by atoms with Crippen molar-refractivity contribution in [2.75, 3.05) is 5.73 Å². The monoisotopic (exact) mass is 307 g/mol. The second-order valence-electron chi connectivity index (χ2n) is 2.46. The minimum Gasteiger partial charge on any atom is -0.397 e. The van der Waals surface area contributed by atoms with Gasteiger partial charge in [0.15, 0.2) is 0 Å². The number of benzene rings is 1. The van der Waals surface area contributed by atoms with E-state index < -0.39 is 0 Å². The van der Waals surface area contributed by atoms with Gasteiger partial charge in [-0.2, -0.15) is 0 Å². The van der Waals surface area contributed by atoms with E-state index in [9.17, 15) is 0 Å². The quantitative estimate of drug-likeness (QED) is 0.435. The van der Waals surface area contributed by atoms with E-state index in [1.807, 2.05) is 11.4 Å². The van der Waals surface area contributed by atoms with E-state index in [0.717, 1.165) is 24.2 Å². The van der Waals surface area contributed by atoms with E-state index in [4.69, 9.17) is 5.73 Å². The van der Waals surface area contributed by atoms with Crippen molar-refractivity contribution in [2.45, 2.75) is 4.90 Å². The molecule has 1 heterocycles. The van der Waals surface area contributed by atoms with Crippen LogP contribution in [0.1, 0.15) is 0 Å². The average molecular weight is 307 g/mol. The number of thiophene rings is 1. The van der Waals surface area contributed by atoms with Gasteiger partial charge in [-0.15, -0.1) is 24.0 Å². The van der Waals surface area contributed by atoms with Gasteiger partial charge in [0, 0.05) is 19.2 Å². The molecule has 0 fully saturated rings. The third kappa shape index (κ3) is 1.22. The Hall–Kier alpha value is 0.0600. The summed E-state index contributed by atoms with van der Waals surface area (Å²) in [7, 11) is 0. The molecule has 0 saturated carbocycles. The smallest absolute Gasteiger partial charge is 0.0631 e. The number of halogens is 1. The highest BCUT2D eigenvalue weighted by molar-refractivity contribution is 14.1. The first-order valence-corrected chi connectivity index (χ1v) is 5.75. The first-order chi connectivity index (χ1) is 5.70. The van der Waals surface area contributed by atoms with Crippen LogP contribution in [0.25, 0.3) is 10.1 Å². The molecule has 0 aliphatic rings. The fourth-order valence-corrected chi connectivity index (χ4v) is 3.03. The number of hydrogen-bond acceptors (Lipinski definition) is 3. The highest BCUT2D eigenvalue weighted by atomic mass is 127. The Bertz CT molecular complexity index is 436. The van der Waals surface area contributed by atoms with E-state index in [2.05, 4.69) is 41.3 Å². The summed E-state index contributed by atoms with van der Waals surface area (Å²) in [6.07, 6.45) is 0. The van der Waals surface area contributed by atoms with Gasteiger partial charge in [-0.05, 0) is 28.7 Å². The predicted octanol–water partition coefficient (Wildman–Crippen LogP) is 3.38. The lowest BCUT2D eigenvalue weighted by Crippen LogP contribution is -1.87. The summed E-state index contributed by atoms with van der Waals surface area (Å²) < 4.78 is 2.25. The van der Waals surface area contributed by atoms with Gasteiger partial charge in [-0.25, -0.2) is 0 Å². The second-order valence-corrected chi connectivity index (χ2v) is 4.98. The third-order valence-corrected chi connectivity index (χ3v) is 4.22. The molecule has 62 valence electrons. The maximum absolute atomic E-state index is 5.90. The molecular weight excluding hydrogens is 301 g/mol. The van der Waals surface area contributed by atoms with Crippen molar-refractivity contribution in [1.82, 2.24) is 0 Å². The molecule has 0 saturated heterocycles. The molecular formula is C8H6INS2. The summed E-state index contributed by atoms with van der Waals surface area (Å²) in [5.74, 6) is 0. The van der Waals surface area contributed by atoms with Crippen molar-refractivity contribution < 1.29 is 0 Å². The first kappa shape index (κ1) is 8.65. The summed E-state index contributed by atoms with van der Waals surface area (Å²) in [5.41, 5.74) is 6.77. The molecule has 0 amide bonds. The lowest BCUT2D eigenvalue weighted by Gasteiger charge is -1.98. The summed E-state index contributed by atoms with van der Waals surface area (Å²) >= 11 is 8.22. The maximum Gasteiger partial charge on any atom is 0.0631 e. The van der Waals surface area contributed by atoms with Crippen molar-refractivity contribution in [3.8, 4) is 0 Å². The molecule has 0 radical (unpaired) electrons. The molecule has 0 aliphatic carbocycles. The molecule has 0 aliphatic heterocycles. The van der Waals surface area contributed by atoms with Gasteiger partial charge >= 0.3 is 0 Å². The number of nitrogen functional groups attached to an aromatic ring is 1. The van der Waals surface area contributed by atoms with Crippen LogP contribution in [-0.2, 0) is 0 Å². The summed E-state index contributed by atoms with van der Waals surface area (Å²) in [6, 6.07) is 4.08. The van der Waals surface area contributed by atoms with E-state index in [1.165, 1.54) is 0 Å². The Labute approximate surface area is 93.5 Å². The van der Waals surface area contributed by atoms with Crippen molar-refractivity contribution in [3.63, 3.8) is 0 Å². The Balaban J connectivity index is 2.93. The van der Waals surface area contributed by atoms with Crippen molar-refractivity contribution >= 4 is 62.3 Å². The summed E-state index contributed by atoms with van der Waals surface area (Å²) in [4.78, 5) is 1.01. The molecule has 1 aromatic carbocycles. The highest BCUT2D eigenvalue weighted by Crippen LogP contribution is 2.34. The number of nitrogens with two attached hydrogens (primary N) is 1. The normalized spacial score (nSPS) is 10.8. The second kappa shape index (κ2) is 3.08. The van der Waals surface area contributed by atoms with Crippen LogP contribution in [0.15, 0.2) is 22.4 Å². The van der Waals surface area contributed by atoms with Crippen LogP contribution in [-0.4, -0.2) is 0 Å². The lowest BCUT2D eigenvalue weighted by molar-refractivity contribution is 1.65. The van der Waals surface area contributed by atoms with Crippen molar-refractivity contribution in [3.05, 3.63) is 21.1 Å². The largest absolute Gasteiger partial charge is 0.397 e. The molecule has 0 unspecified atom stereocenters. The number of anilines is 1. The van der Waals surface area contributed by atoms with Crippen LogP contribution in [0.5, 0.6) is 0 Å². The zero-order valence-corrected chi connectivity index (χ0v) is 9.91. The average Bonchev–Trinajstić information content (AvgIpc) is 2.41. The molecule has 1 nitrogen and oxygen atoms in total. The van der Waals surface area contributed by atoms with Crippen LogP contribution in [0.3, 0.4) is 0 Å². The number of fused-ring (bicyclic) bond motifs is 1. The molecule has 2 N–H and O–H groups in total. The predicted molar refractivity (Wildman–Crippen MR) is 66.2 cm³/mol. The third-order valence-electron chi connectivity index (χ3n) is 1.71. The van der Waals surface area contributed by atoms with Gasteiger partial charge < -0.3 is 5.73 Å².